The predicted molar refractivity (Wildman–Crippen MR) is 89.2 cm³/mol. The third-order valence-electron chi connectivity index (χ3n) is 4.60. The van der Waals surface area contributed by atoms with Crippen LogP contribution in [0.15, 0.2) is 48.3 Å². The van der Waals surface area contributed by atoms with E-state index in [1.165, 1.54) is 0 Å². The van der Waals surface area contributed by atoms with Gasteiger partial charge in [-0.15, -0.1) is 0 Å². The maximum atomic E-state index is 6.05. The van der Waals surface area contributed by atoms with E-state index in [4.69, 9.17) is 14.0 Å². The van der Waals surface area contributed by atoms with Gasteiger partial charge in [-0.2, -0.15) is 0 Å². The molecule has 3 rings (SSSR count). The fourth-order valence-corrected chi connectivity index (χ4v) is 2.47. The van der Waals surface area contributed by atoms with Gasteiger partial charge in [-0.1, -0.05) is 18.2 Å². The van der Waals surface area contributed by atoms with Gasteiger partial charge in [0.15, 0.2) is 0 Å². The van der Waals surface area contributed by atoms with Crippen molar-refractivity contribution in [3.05, 3.63) is 48.3 Å². The molecule has 0 aromatic heterocycles. The number of hydrogen-bond donors (Lipinski definition) is 0. The topological polar surface area (TPSA) is 27.7 Å². The third kappa shape index (κ3) is 2.99. The van der Waals surface area contributed by atoms with Crippen LogP contribution in [0.3, 0.4) is 0 Å². The summed E-state index contributed by atoms with van der Waals surface area (Å²) < 4.78 is 18.0. The van der Waals surface area contributed by atoms with E-state index >= 15 is 0 Å². The molecular formula is C18H23BO3. The lowest BCUT2D eigenvalue weighted by molar-refractivity contribution is 0.00578. The summed E-state index contributed by atoms with van der Waals surface area (Å²) in [5.41, 5.74) is 0.383. The Balaban J connectivity index is 1.70. The Morgan fingerprint density at radius 1 is 0.955 bits per heavy atom. The molecule has 0 unspecified atom stereocenters. The summed E-state index contributed by atoms with van der Waals surface area (Å²) in [4.78, 5) is 0. The van der Waals surface area contributed by atoms with E-state index in [9.17, 15) is 0 Å². The SMILES string of the molecule is CC1(C)OB(c2ccc(OC3=CCCC=C3)cc2)OC1(C)C. The van der Waals surface area contributed by atoms with Crippen LogP contribution in [-0.2, 0) is 9.31 Å². The minimum absolute atomic E-state index is 0.315. The number of ether oxygens (including phenoxy) is 1. The van der Waals surface area contributed by atoms with Crippen LogP contribution in [0.25, 0.3) is 0 Å². The second-order valence-corrected chi connectivity index (χ2v) is 6.85. The zero-order valence-corrected chi connectivity index (χ0v) is 13.8. The average molecular weight is 298 g/mol. The molecule has 0 N–H and O–H groups in total. The molecule has 1 aliphatic carbocycles. The fourth-order valence-electron chi connectivity index (χ4n) is 2.47. The summed E-state index contributed by atoms with van der Waals surface area (Å²) in [7, 11) is -0.326. The standard InChI is InChI=1S/C18H23BO3/c1-17(2)18(3,4)22-19(21-17)14-10-12-16(13-11-14)20-15-8-6-5-7-9-15/h6,8-13H,5,7H2,1-4H3. The largest absolute Gasteiger partial charge is 0.494 e. The summed E-state index contributed by atoms with van der Waals surface area (Å²) in [5.74, 6) is 1.74. The zero-order valence-electron chi connectivity index (χ0n) is 13.8. The van der Waals surface area contributed by atoms with Gasteiger partial charge < -0.3 is 14.0 Å². The average Bonchev–Trinajstić information content (AvgIpc) is 2.69. The summed E-state index contributed by atoms with van der Waals surface area (Å²) in [6, 6.07) is 7.93. The monoisotopic (exact) mass is 298 g/mol. The van der Waals surface area contributed by atoms with E-state index in [1.54, 1.807) is 0 Å². The molecule has 2 aliphatic rings. The Hall–Kier alpha value is -1.52. The molecule has 0 saturated carbocycles. The lowest BCUT2D eigenvalue weighted by atomic mass is 9.79. The van der Waals surface area contributed by atoms with Crippen molar-refractivity contribution < 1.29 is 14.0 Å². The molecule has 1 aliphatic heterocycles. The highest BCUT2D eigenvalue weighted by atomic mass is 16.7. The van der Waals surface area contributed by atoms with Crippen molar-refractivity contribution in [2.75, 3.05) is 0 Å². The van der Waals surface area contributed by atoms with Gasteiger partial charge >= 0.3 is 7.12 Å². The van der Waals surface area contributed by atoms with Gasteiger partial charge in [-0.05, 0) is 70.3 Å². The maximum Gasteiger partial charge on any atom is 0.494 e. The van der Waals surface area contributed by atoms with E-state index in [2.05, 4.69) is 39.8 Å². The summed E-state index contributed by atoms with van der Waals surface area (Å²) >= 11 is 0. The molecule has 1 heterocycles. The van der Waals surface area contributed by atoms with Crippen molar-refractivity contribution in [1.82, 2.24) is 0 Å². The van der Waals surface area contributed by atoms with Crippen LogP contribution in [0.5, 0.6) is 5.75 Å². The van der Waals surface area contributed by atoms with Crippen molar-refractivity contribution in [1.29, 1.82) is 0 Å². The van der Waals surface area contributed by atoms with Gasteiger partial charge in [0.25, 0.3) is 0 Å². The van der Waals surface area contributed by atoms with Crippen molar-refractivity contribution >= 4 is 12.6 Å². The Morgan fingerprint density at radius 2 is 1.59 bits per heavy atom. The minimum Gasteiger partial charge on any atom is -0.458 e. The number of rotatable bonds is 3. The molecule has 3 nitrogen and oxygen atoms in total. The highest BCUT2D eigenvalue weighted by molar-refractivity contribution is 6.62. The highest BCUT2D eigenvalue weighted by Crippen LogP contribution is 2.36. The predicted octanol–water partition coefficient (Wildman–Crippen LogP) is 3.60. The first-order valence-electron chi connectivity index (χ1n) is 7.88. The fraction of sp³-hybridized carbons (Fsp3) is 0.444. The van der Waals surface area contributed by atoms with Gasteiger partial charge in [0, 0.05) is 0 Å². The smallest absolute Gasteiger partial charge is 0.458 e. The van der Waals surface area contributed by atoms with Crippen LogP contribution in [-0.4, -0.2) is 18.3 Å². The van der Waals surface area contributed by atoms with Crippen molar-refractivity contribution in [3.63, 3.8) is 0 Å². The van der Waals surface area contributed by atoms with Crippen LogP contribution in [0.4, 0.5) is 0 Å². The van der Waals surface area contributed by atoms with Crippen molar-refractivity contribution in [3.8, 4) is 5.75 Å². The number of benzene rings is 1. The molecule has 0 bridgehead atoms. The molecule has 0 atom stereocenters. The van der Waals surface area contributed by atoms with Crippen LogP contribution in [0.1, 0.15) is 40.5 Å². The molecule has 116 valence electrons. The van der Waals surface area contributed by atoms with Crippen LogP contribution in [0, 0.1) is 0 Å². The summed E-state index contributed by atoms with van der Waals surface area (Å²) in [5, 5.41) is 0. The molecule has 22 heavy (non-hydrogen) atoms. The van der Waals surface area contributed by atoms with E-state index < -0.39 is 0 Å². The number of hydrogen-bond acceptors (Lipinski definition) is 3. The number of allylic oxidation sites excluding steroid dienone is 3. The second kappa shape index (κ2) is 5.60. The van der Waals surface area contributed by atoms with Gasteiger partial charge in [0.05, 0.1) is 11.2 Å². The Morgan fingerprint density at radius 3 is 2.14 bits per heavy atom. The van der Waals surface area contributed by atoms with Gasteiger partial charge in [-0.3, -0.25) is 0 Å². The van der Waals surface area contributed by atoms with Crippen molar-refractivity contribution in [2.45, 2.75) is 51.7 Å². The van der Waals surface area contributed by atoms with Crippen LogP contribution in [0.2, 0.25) is 0 Å². The lowest BCUT2D eigenvalue weighted by Crippen LogP contribution is -2.41. The minimum atomic E-state index is -0.326. The first-order valence-corrected chi connectivity index (χ1v) is 7.88. The zero-order chi connectivity index (χ0) is 15.8. The molecule has 1 aromatic rings. The summed E-state index contributed by atoms with van der Waals surface area (Å²) in [6.45, 7) is 8.25. The molecule has 0 spiro atoms. The van der Waals surface area contributed by atoms with Crippen LogP contribution < -0.4 is 10.2 Å². The van der Waals surface area contributed by atoms with Crippen molar-refractivity contribution in [2.24, 2.45) is 0 Å². The normalized spacial score (nSPS) is 22.5. The molecule has 1 saturated heterocycles. The van der Waals surface area contributed by atoms with E-state index in [1.807, 2.05) is 30.3 Å². The first-order chi connectivity index (χ1) is 10.4. The molecule has 0 amide bonds. The maximum absolute atomic E-state index is 6.05. The van der Waals surface area contributed by atoms with E-state index in [0.717, 1.165) is 29.8 Å². The quantitative estimate of drug-likeness (QED) is 0.798. The molecule has 1 aromatic carbocycles. The third-order valence-corrected chi connectivity index (χ3v) is 4.60. The summed E-state index contributed by atoms with van der Waals surface area (Å²) in [6.07, 6.45) is 8.40. The molecular weight excluding hydrogens is 275 g/mol. The Labute approximate surface area is 133 Å². The lowest BCUT2D eigenvalue weighted by Gasteiger charge is -2.32. The molecule has 1 fully saturated rings. The Kier molecular flexibility index (Phi) is 3.91. The molecule has 0 radical (unpaired) electrons. The van der Waals surface area contributed by atoms with Crippen LogP contribution >= 0.6 is 0 Å². The second-order valence-electron chi connectivity index (χ2n) is 6.85. The van der Waals surface area contributed by atoms with Gasteiger partial charge in [-0.25, -0.2) is 0 Å². The van der Waals surface area contributed by atoms with E-state index in [0.29, 0.717) is 0 Å². The first kappa shape index (κ1) is 15.4. The van der Waals surface area contributed by atoms with E-state index in [-0.39, 0.29) is 18.3 Å². The molecule has 4 heteroatoms. The van der Waals surface area contributed by atoms with Gasteiger partial charge in [0.2, 0.25) is 0 Å². The van der Waals surface area contributed by atoms with Gasteiger partial charge in [0.1, 0.15) is 11.5 Å². The Bertz CT molecular complexity index is 583. The highest BCUT2D eigenvalue weighted by Gasteiger charge is 2.51.